The van der Waals surface area contributed by atoms with Gasteiger partial charge in [0.1, 0.15) is 0 Å². The molecule has 5 rings (SSSR count). The smallest absolute Gasteiger partial charge is 0.225 e. The summed E-state index contributed by atoms with van der Waals surface area (Å²) >= 11 is 0. The summed E-state index contributed by atoms with van der Waals surface area (Å²) in [5.41, 5.74) is 4.10. The molecular formula is C20H24N4. The first-order chi connectivity index (χ1) is 11.9. The maximum Gasteiger partial charge on any atom is 0.225 e. The molecule has 0 saturated carbocycles. The first-order valence-electron chi connectivity index (χ1n) is 9.29. The van der Waals surface area contributed by atoms with E-state index in [4.69, 9.17) is 9.97 Å². The van der Waals surface area contributed by atoms with Crippen molar-refractivity contribution in [2.45, 2.75) is 50.7 Å². The third-order valence-electron chi connectivity index (χ3n) is 5.91. The van der Waals surface area contributed by atoms with Gasteiger partial charge in [-0.15, -0.1) is 0 Å². The second-order valence-corrected chi connectivity index (χ2v) is 7.38. The standard InChI is InChI=1S/C20H24N4/c1-2-6-15(7-3-1)14-24-16-8-9-19(24)17-13-21-20(22-18(17)12-16)23-10-4-5-11-23/h1-3,6-7,13,16,19H,4-5,8-12,14H2. The van der Waals surface area contributed by atoms with Crippen LogP contribution in [-0.2, 0) is 13.0 Å². The zero-order valence-corrected chi connectivity index (χ0v) is 14.1. The van der Waals surface area contributed by atoms with Gasteiger partial charge in [-0.25, -0.2) is 9.97 Å². The van der Waals surface area contributed by atoms with Crippen molar-refractivity contribution >= 4 is 5.95 Å². The average molecular weight is 320 g/mol. The van der Waals surface area contributed by atoms with Crippen molar-refractivity contribution in [2.75, 3.05) is 18.0 Å². The lowest BCUT2D eigenvalue weighted by molar-refractivity contribution is 0.166. The molecule has 3 aliphatic heterocycles. The predicted molar refractivity (Wildman–Crippen MR) is 94.9 cm³/mol. The van der Waals surface area contributed by atoms with E-state index in [1.165, 1.54) is 42.5 Å². The highest BCUT2D eigenvalue weighted by molar-refractivity contribution is 5.38. The molecule has 2 fully saturated rings. The Morgan fingerprint density at radius 1 is 1.04 bits per heavy atom. The molecule has 0 aliphatic carbocycles. The van der Waals surface area contributed by atoms with Crippen LogP contribution in [0.25, 0.3) is 0 Å². The summed E-state index contributed by atoms with van der Waals surface area (Å²) in [4.78, 5) is 14.7. The fourth-order valence-corrected chi connectivity index (χ4v) is 4.67. The molecule has 2 unspecified atom stereocenters. The van der Waals surface area contributed by atoms with Gasteiger partial charge in [0.25, 0.3) is 0 Å². The van der Waals surface area contributed by atoms with E-state index in [1.807, 2.05) is 0 Å². The van der Waals surface area contributed by atoms with E-state index in [1.54, 1.807) is 0 Å². The Kier molecular flexibility index (Phi) is 3.51. The summed E-state index contributed by atoms with van der Waals surface area (Å²) in [6.07, 6.45) is 8.29. The van der Waals surface area contributed by atoms with Crippen LogP contribution in [0, 0.1) is 0 Å². The van der Waals surface area contributed by atoms with Crippen LogP contribution in [0.2, 0.25) is 0 Å². The largest absolute Gasteiger partial charge is 0.341 e. The number of rotatable bonds is 3. The predicted octanol–water partition coefficient (Wildman–Crippen LogP) is 3.34. The van der Waals surface area contributed by atoms with Crippen LogP contribution < -0.4 is 4.90 Å². The summed E-state index contributed by atoms with van der Waals surface area (Å²) in [5.74, 6) is 0.960. The van der Waals surface area contributed by atoms with Crippen LogP contribution >= 0.6 is 0 Å². The Morgan fingerprint density at radius 2 is 1.88 bits per heavy atom. The van der Waals surface area contributed by atoms with Crippen LogP contribution in [0.3, 0.4) is 0 Å². The van der Waals surface area contributed by atoms with Gasteiger partial charge in [-0.2, -0.15) is 0 Å². The number of hydrogen-bond acceptors (Lipinski definition) is 4. The van der Waals surface area contributed by atoms with Crippen molar-refractivity contribution in [3.05, 3.63) is 53.3 Å². The molecule has 0 radical (unpaired) electrons. The highest BCUT2D eigenvalue weighted by Gasteiger charge is 2.40. The van der Waals surface area contributed by atoms with Crippen molar-refractivity contribution in [3.8, 4) is 0 Å². The van der Waals surface area contributed by atoms with Crippen molar-refractivity contribution in [3.63, 3.8) is 0 Å². The van der Waals surface area contributed by atoms with Gasteiger partial charge in [-0.05, 0) is 31.2 Å². The van der Waals surface area contributed by atoms with Crippen molar-refractivity contribution in [1.82, 2.24) is 14.9 Å². The van der Waals surface area contributed by atoms with E-state index in [2.05, 4.69) is 46.3 Å². The van der Waals surface area contributed by atoms with Gasteiger partial charge in [0, 0.05) is 49.9 Å². The maximum atomic E-state index is 4.97. The minimum atomic E-state index is 0.506. The average Bonchev–Trinajstić information content (AvgIpc) is 3.24. The molecule has 24 heavy (non-hydrogen) atoms. The molecule has 2 bridgehead atoms. The molecule has 124 valence electrons. The number of aromatic nitrogens is 2. The zero-order valence-electron chi connectivity index (χ0n) is 14.1. The molecule has 3 aliphatic rings. The minimum Gasteiger partial charge on any atom is -0.341 e. The quantitative estimate of drug-likeness (QED) is 0.868. The van der Waals surface area contributed by atoms with E-state index in [-0.39, 0.29) is 0 Å². The van der Waals surface area contributed by atoms with Gasteiger partial charge >= 0.3 is 0 Å². The van der Waals surface area contributed by atoms with Crippen LogP contribution in [0.1, 0.15) is 48.5 Å². The van der Waals surface area contributed by atoms with Gasteiger partial charge in [0.15, 0.2) is 0 Å². The fourth-order valence-electron chi connectivity index (χ4n) is 4.67. The van der Waals surface area contributed by atoms with Gasteiger partial charge < -0.3 is 4.90 Å². The third-order valence-corrected chi connectivity index (χ3v) is 5.91. The van der Waals surface area contributed by atoms with Crippen LogP contribution in [0.4, 0.5) is 5.95 Å². The molecule has 0 N–H and O–H groups in total. The monoisotopic (exact) mass is 320 g/mol. The Labute approximate surface area is 143 Å². The number of fused-ring (bicyclic) bond motifs is 4. The fraction of sp³-hybridized carbons (Fsp3) is 0.500. The molecule has 4 heteroatoms. The SMILES string of the molecule is c1ccc(CN2C3CCC2c2cnc(N4CCCC4)nc2C3)cc1. The van der Waals surface area contributed by atoms with E-state index < -0.39 is 0 Å². The third kappa shape index (κ3) is 2.40. The van der Waals surface area contributed by atoms with Crippen molar-refractivity contribution < 1.29 is 0 Å². The molecule has 1 aromatic carbocycles. The summed E-state index contributed by atoms with van der Waals surface area (Å²) in [5, 5.41) is 0. The van der Waals surface area contributed by atoms with E-state index in [0.29, 0.717) is 12.1 Å². The highest BCUT2D eigenvalue weighted by Crippen LogP contribution is 2.44. The number of anilines is 1. The Hall–Kier alpha value is -1.94. The lowest BCUT2D eigenvalue weighted by Crippen LogP contribution is -2.38. The lowest BCUT2D eigenvalue weighted by atomic mass is 9.98. The number of hydrogen-bond donors (Lipinski definition) is 0. The summed E-state index contributed by atoms with van der Waals surface area (Å²) < 4.78 is 0. The van der Waals surface area contributed by atoms with Gasteiger partial charge in [0.2, 0.25) is 5.95 Å². The van der Waals surface area contributed by atoms with Gasteiger partial charge in [-0.1, -0.05) is 30.3 Å². The molecule has 2 atom stereocenters. The van der Waals surface area contributed by atoms with Crippen LogP contribution in [0.5, 0.6) is 0 Å². The van der Waals surface area contributed by atoms with E-state index in [0.717, 1.165) is 32.0 Å². The van der Waals surface area contributed by atoms with Crippen molar-refractivity contribution in [1.29, 1.82) is 0 Å². The minimum absolute atomic E-state index is 0.506. The molecule has 0 amide bonds. The van der Waals surface area contributed by atoms with Gasteiger partial charge in [-0.3, -0.25) is 4.90 Å². The molecule has 0 spiro atoms. The number of benzene rings is 1. The molecule has 1 aromatic heterocycles. The molecule has 2 aromatic rings. The topological polar surface area (TPSA) is 32.3 Å². The Bertz CT molecular complexity index is 724. The Balaban J connectivity index is 1.42. The van der Waals surface area contributed by atoms with Crippen molar-refractivity contribution in [2.24, 2.45) is 0 Å². The first kappa shape index (κ1) is 14.4. The maximum absolute atomic E-state index is 4.97. The summed E-state index contributed by atoms with van der Waals surface area (Å²) in [7, 11) is 0. The second kappa shape index (κ2) is 5.85. The summed E-state index contributed by atoms with van der Waals surface area (Å²) in [6.45, 7) is 3.28. The van der Waals surface area contributed by atoms with Crippen LogP contribution in [-0.4, -0.2) is 34.0 Å². The molecule has 2 saturated heterocycles. The van der Waals surface area contributed by atoms with E-state index in [9.17, 15) is 0 Å². The molecule has 4 heterocycles. The lowest BCUT2D eigenvalue weighted by Gasteiger charge is -2.36. The normalized spacial score (nSPS) is 25.9. The summed E-state index contributed by atoms with van der Waals surface area (Å²) in [6, 6.07) is 12.0. The van der Waals surface area contributed by atoms with Gasteiger partial charge in [0.05, 0.1) is 5.69 Å². The van der Waals surface area contributed by atoms with E-state index >= 15 is 0 Å². The highest BCUT2D eigenvalue weighted by atomic mass is 15.3. The van der Waals surface area contributed by atoms with Crippen LogP contribution in [0.15, 0.2) is 36.5 Å². The Morgan fingerprint density at radius 3 is 2.71 bits per heavy atom. The second-order valence-electron chi connectivity index (χ2n) is 7.38. The zero-order chi connectivity index (χ0) is 15.9. The number of nitrogens with zero attached hydrogens (tertiary/aromatic N) is 4. The molecule has 4 nitrogen and oxygen atoms in total. The molecular weight excluding hydrogens is 296 g/mol. The first-order valence-corrected chi connectivity index (χ1v) is 9.29.